The van der Waals surface area contributed by atoms with Gasteiger partial charge in [0.2, 0.25) is 23.3 Å². The fourth-order valence-corrected chi connectivity index (χ4v) is 2.88. The van der Waals surface area contributed by atoms with Crippen LogP contribution < -0.4 is 10.1 Å². The molecule has 1 heterocycles. The first kappa shape index (κ1) is 19.6. The molecule has 0 bridgehead atoms. The number of aromatic hydroxyl groups is 1. The SMILES string of the molecule is CC(=O)Oc1c(NC(=O)CCCBr)oc(-c2c(Cl)cccc2Cl)c1O. The molecule has 134 valence electrons. The summed E-state index contributed by atoms with van der Waals surface area (Å²) < 4.78 is 10.5. The summed E-state index contributed by atoms with van der Waals surface area (Å²) >= 11 is 15.5. The van der Waals surface area contributed by atoms with Gasteiger partial charge in [-0.25, -0.2) is 0 Å². The van der Waals surface area contributed by atoms with Gasteiger partial charge in [0.1, 0.15) is 0 Å². The zero-order valence-electron chi connectivity index (χ0n) is 13.1. The molecule has 0 radical (unpaired) electrons. The molecule has 6 nitrogen and oxygen atoms in total. The van der Waals surface area contributed by atoms with E-state index < -0.39 is 11.7 Å². The number of rotatable bonds is 6. The van der Waals surface area contributed by atoms with Crippen LogP contribution in [0.5, 0.6) is 11.5 Å². The van der Waals surface area contributed by atoms with Crippen LogP contribution in [0.1, 0.15) is 19.8 Å². The number of benzene rings is 1. The van der Waals surface area contributed by atoms with Gasteiger partial charge in [0.05, 0.1) is 15.6 Å². The van der Waals surface area contributed by atoms with E-state index in [9.17, 15) is 14.7 Å². The molecule has 0 aliphatic heterocycles. The largest absolute Gasteiger partial charge is 0.502 e. The topological polar surface area (TPSA) is 88.8 Å². The molecule has 1 amide bonds. The Morgan fingerprint density at radius 3 is 2.52 bits per heavy atom. The molecule has 0 atom stereocenters. The number of halogens is 3. The van der Waals surface area contributed by atoms with Crippen molar-refractivity contribution in [3.8, 4) is 22.8 Å². The van der Waals surface area contributed by atoms with Crippen molar-refractivity contribution in [1.82, 2.24) is 0 Å². The van der Waals surface area contributed by atoms with Crippen LogP contribution >= 0.6 is 39.1 Å². The van der Waals surface area contributed by atoms with Crippen molar-refractivity contribution in [3.05, 3.63) is 28.2 Å². The first-order chi connectivity index (χ1) is 11.8. The molecule has 1 aromatic heterocycles. The minimum absolute atomic E-state index is 0.109. The summed E-state index contributed by atoms with van der Waals surface area (Å²) in [6, 6.07) is 4.75. The third-order valence-corrected chi connectivity index (χ3v) is 4.26. The average molecular weight is 451 g/mol. The Labute approximate surface area is 162 Å². The lowest BCUT2D eigenvalue weighted by Crippen LogP contribution is -2.12. The van der Waals surface area contributed by atoms with E-state index in [2.05, 4.69) is 21.2 Å². The highest BCUT2D eigenvalue weighted by Crippen LogP contribution is 2.49. The van der Waals surface area contributed by atoms with Crippen molar-refractivity contribution in [1.29, 1.82) is 0 Å². The lowest BCUT2D eigenvalue weighted by Gasteiger charge is -2.04. The third-order valence-electron chi connectivity index (χ3n) is 3.07. The Morgan fingerprint density at radius 1 is 1.32 bits per heavy atom. The number of carbonyl (C=O) groups is 2. The number of ether oxygens (including phenoxy) is 1. The number of alkyl halides is 1. The van der Waals surface area contributed by atoms with Crippen LogP contribution in [0.2, 0.25) is 10.0 Å². The summed E-state index contributed by atoms with van der Waals surface area (Å²) in [7, 11) is 0. The first-order valence-corrected chi connectivity index (χ1v) is 9.07. The second-order valence-corrected chi connectivity index (χ2v) is 6.58. The van der Waals surface area contributed by atoms with E-state index in [1.807, 2.05) is 0 Å². The molecular weight excluding hydrogens is 437 g/mol. The molecule has 0 unspecified atom stereocenters. The Hall–Kier alpha value is -1.70. The van der Waals surface area contributed by atoms with Crippen LogP contribution in [-0.2, 0) is 9.59 Å². The van der Waals surface area contributed by atoms with Gasteiger partial charge in [-0.05, 0) is 18.6 Å². The second kappa shape index (κ2) is 8.60. The molecule has 2 rings (SSSR count). The molecule has 2 aromatic rings. The molecule has 0 aliphatic rings. The van der Waals surface area contributed by atoms with Crippen molar-refractivity contribution < 1.29 is 23.8 Å². The Morgan fingerprint density at radius 2 is 1.96 bits per heavy atom. The third kappa shape index (κ3) is 4.68. The zero-order valence-corrected chi connectivity index (χ0v) is 16.2. The van der Waals surface area contributed by atoms with Gasteiger partial charge in [0, 0.05) is 18.7 Å². The average Bonchev–Trinajstić information content (AvgIpc) is 2.81. The highest BCUT2D eigenvalue weighted by Gasteiger charge is 2.27. The van der Waals surface area contributed by atoms with E-state index in [0.29, 0.717) is 11.8 Å². The Bertz CT molecular complexity index is 786. The van der Waals surface area contributed by atoms with Gasteiger partial charge in [0.25, 0.3) is 0 Å². The molecule has 0 spiro atoms. The van der Waals surface area contributed by atoms with E-state index in [0.717, 1.165) is 6.92 Å². The minimum atomic E-state index is -0.691. The maximum Gasteiger partial charge on any atom is 0.308 e. The fraction of sp³-hybridized carbons (Fsp3) is 0.250. The van der Waals surface area contributed by atoms with Gasteiger partial charge in [-0.3, -0.25) is 14.9 Å². The maximum absolute atomic E-state index is 11.9. The normalized spacial score (nSPS) is 10.6. The van der Waals surface area contributed by atoms with E-state index in [1.54, 1.807) is 18.2 Å². The van der Waals surface area contributed by atoms with Crippen LogP contribution in [0.3, 0.4) is 0 Å². The summed E-state index contributed by atoms with van der Waals surface area (Å²) in [4.78, 5) is 23.2. The van der Waals surface area contributed by atoms with E-state index in [-0.39, 0.29) is 45.3 Å². The number of esters is 1. The number of hydrogen-bond acceptors (Lipinski definition) is 5. The standard InChI is InChI=1S/C16H14BrCl2NO5/c1-8(21)24-15-13(23)14(12-9(18)4-2-5-10(12)19)25-16(15)20-11(22)6-3-7-17/h2,4-5,23H,3,6-7H2,1H3,(H,20,22). The van der Waals surface area contributed by atoms with Crippen molar-refractivity contribution >= 4 is 56.9 Å². The van der Waals surface area contributed by atoms with Crippen LogP contribution in [0.15, 0.2) is 22.6 Å². The number of amides is 1. The highest BCUT2D eigenvalue weighted by atomic mass is 79.9. The van der Waals surface area contributed by atoms with Crippen LogP contribution in [0.25, 0.3) is 11.3 Å². The predicted molar refractivity (Wildman–Crippen MR) is 98.8 cm³/mol. The van der Waals surface area contributed by atoms with E-state index in [1.165, 1.54) is 0 Å². The van der Waals surface area contributed by atoms with E-state index in [4.69, 9.17) is 32.4 Å². The van der Waals surface area contributed by atoms with E-state index >= 15 is 0 Å². The molecule has 2 N–H and O–H groups in total. The monoisotopic (exact) mass is 449 g/mol. The quantitative estimate of drug-likeness (QED) is 0.477. The molecule has 0 saturated carbocycles. The molecule has 0 saturated heterocycles. The van der Waals surface area contributed by atoms with Gasteiger partial charge >= 0.3 is 5.97 Å². The number of carbonyl (C=O) groups excluding carboxylic acids is 2. The lowest BCUT2D eigenvalue weighted by molar-refractivity contribution is -0.132. The summed E-state index contributed by atoms with van der Waals surface area (Å²) in [6.07, 6.45) is 0.818. The van der Waals surface area contributed by atoms with Gasteiger partial charge in [0.15, 0.2) is 5.76 Å². The van der Waals surface area contributed by atoms with Crippen molar-refractivity contribution in [2.24, 2.45) is 0 Å². The van der Waals surface area contributed by atoms with Crippen LogP contribution in [-0.4, -0.2) is 22.3 Å². The van der Waals surface area contributed by atoms with Crippen molar-refractivity contribution in [3.63, 3.8) is 0 Å². The van der Waals surface area contributed by atoms with Gasteiger partial charge in [-0.15, -0.1) is 0 Å². The van der Waals surface area contributed by atoms with Gasteiger partial charge < -0.3 is 14.3 Å². The minimum Gasteiger partial charge on any atom is -0.502 e. The second-order valence-electron chi connectivity index (χ2n) is 4.97. The maximum atomic E-state index is 11.9. The van der Waals surface area contributed by atoms with Gasteiger partial charge in [-0.1, -0.05) is 45.2 Å². The van der Waals surface area contributed by atoms with Gasteiger partial charge in [-0.2, -0.15) is 0 Å². The summed E-state index contributed by atoms with van der Waals surface area (Å²) in [5.74, 6) is -2.14. The molecular formula is C16H14BrCl2NO5. The summed E-state index contributed by atoms with van der Waals surface area (Å²) in [6.45, 7) is 1.16. The zero-order chi connectivity index (χ0) is 18.6. The predicted octanol–water partition coefficient (Wildman–Crippen LogP) is 5.00. The number of hydrogen-bond donors (Lipinski definition) is 2. The fourth-order valence-electron chi connectivity index (χ4n) is 2.03. The number of anilines is 1. The lowest BCUT2D eigenvalue weighted by atomic mass is 10.1. The summed E-state index contributed by atoms with van der Waals surface area (Å²) in [5, 5.41) is 14.0. The first-order valence-electron chi connectivity index (χ1n) is 7.19. The Balaban J connectivity index is 2.49. The smallest absolute Gasteiger partial charge is 0.308 e. The molecule has 9 heteroatoms. The number of furan rings is 1. The van der Waals surface area contributed by atoms with Crippen LogP contribution in [0, 0.1) is 0 Å². The van der Waals surface area contributed by atoms with Crippen molar-refractivity contribution in [2.75, 3.05) is 10.6 Å². The highest BCUT2D eigenvalue weighted by molar-refractivity contribution is 9.09. The molecule has 25 heavy (non-hydrogen) atoms. The van der Waals surface area contributed by atoms with Crippen molar-refractivity contribution in [2.45, 2.75) is 19.8 Å². The number of nitrogens with one attached hydrogen (secondary N) is 1. The summed E-state index contributed by atoms with van der Waals surface area (Å²) in [5.41, 5.74) is 0.220. The van der Waals surface area contributed by atoms with Crippen LogP contribution in [0.4, 0.5) is 5.88 Å². The molecule has 1 aromatic carbocycles. The molecule has 0 aliphatic carbocycles. The molecule has 0 fully saturated rings. The Kier molecular flexibility index (Phi) is 6.75.